The third kappa shape index (κ3) is 2.98. The van der Waals surface area contributed by atoms with Crippen LogP contribution in [0.5, 0.6) is 11.5 Å². The van der Waals surface area contributed by atoms with Gasteiger partial charge in [-0.05, 0) is 49.5 Å². The number of phenolic OH excluding ortho intramolecular Hbond substituents is 2. The number of phenols is 2. The van der Waals surface area contributed by atoms with Gasteiger partial charge in [0.05, 0.1) is 0 Å². The Balaban J connectivity index is 0.00000162. The molecule has 0 saturated heterocycles. The zero-order chi connectivity index (χ0) is 12.4. The largest absolute Gasteiger partial charge is 0.508 e. The number of likely N-dealkylation sites (N-methyl/N-ethyl adjacent to an activating group) is 1. The Kier molecular flexibility index (Phi) is 5.47. The molecule has 0 aromatic heterocycles. The van der Waals surface area contributed by atoms with Crippen molar-refractivity contribution in [1.82, 2.24) is 4.90 Å². The molecule has 0 amide bonds. The number of rotatable bonds is 3. The van der Waals surface area contributed by atoms with E-state index in [0.29, 0.717) is 6.04 Å². The smallest absolute Gasteiger partial charge is 0.122 e. The number of aromatic hydroxyl groups is 2. The first-order valence-corrected chi connectivity index (χ1v) is 6.43. The van der Waals surface area contributed by atoms with Crippen LogP contribution in [0.3, 0.4) is 0 Å². The molecular formula is C14H22BrNO2. The average molecular weight is 316 g/mol. The Morgan fingerprint density at radius 3 is 2.50 bits per heavy atom. The van der Waals surface area contributed by atoms with Crippen molar-refractivity contribution in [1.29, 1.82) is 0 Å². The lowest BCUT2D eigenvalue weighted by Crippen LogP contribution is -2.39. The first-order valence-electron chi connectivity index (χ1n) is 6.43. The van der Waals surface area contributed by atoms with E-state index >= 15 is 0 Å². The van der Waals surface area contributed by atoms with E-state index in [4.69, 9.17) is 0 Å². The molecule has 1 aromatic carbocycles. The van der Waals surface area contributed by atoms with Crippen molar-refractivity contribution < 1.29 is 10.2 Å². The van der Waals surface area contributed by atoms with E-state index in [1.807, 2.05) is 0 Å². The van der Waals surface area contributed by atoms with Crippen LogP contribution in [-0.2, 0) is 12.8 Å². The maximum Gasteiger partial charge on any atom is 0.122 e. The minimum atomic E-state index is 0. The van der Waals surface area contributed by atoms with Crippen molar-refractivity contribution in [2.45, 2.75) is 39.2 Å². The number of fused-ring (bicyclic) bond motifs is 1. The topological polar surface area (TPSA) is 43.7 Å². The van der Waals surface area contributed by atoms with Crippen molar-refractivity contribution in [3.05, 3.63) is 23.3 Å². The van der Waals surface area contributed by atoms with E-state index in [9.17, 15) is 10.2 Å². The van der Waals surface area contributed by atoms with Crippen LogP contribution in [0.25, 0.3) is 0 Å². The van der Waals surface area contributed by atoms with E-state index in [1.54, 1.807) is 6.07 Å². The maximum absolute atomic E-state index is 9.80. The molecule has 0 saturated carbocycles. The normalized spacial score (nSPS) is 18.3. The van der Waals surface area contributed by atoms with Gasteiger partial charge >= 0.3 is 0 Å². The van der Waals surface area contributed by atoms with Crippen LogP contribution < -0.4 is 0 Å². The van der Waals surface area contributed by atoms with Crippen LogP contribution in [0.15, 0.2) is 12.1 Å². The zero-order valence-corrected chi connectivity index (χ0v) is 12.7. The van der Waals surface area contributed by atoms with E-state index in [1.165, 1.54) is 6.07 Å². The summed E-state index contributed by atoms with van der Waals surface area (Å²) in [6.45, 7) is 6.47. The summed E-state index contributed by atoms with van der Waals surface area (Å²) in [5.41, 5.74) is 2.12. The summed E-state index contributed by atoms with van der Waals surface area (Å²) in [7, 11) is 0. The summed E-state index contributed by atoms with van der Waals surface area (Å²) >= 11 is 0. The minimum Gasteiger partial charge on any atom is -0.508 e. The predicted molar refractivity (Wildman–Crippen MR) is 78.8 cm³/mol. The maximum atomic E-state index is 9.80. The fourth-order valence-corrected chi connectivity index (χ4v) is 2.89. The van der Waals surface area contributed by atoms with Crippen LogP contribution >= 0.6 is 17.0 Å². The van der Waals surface area contributed by atoms with Gasteiger partial charge in [-0.15, -0.1) is 17.0 Å². The van der Waals surface area contributed by atoms with Gasteiger partial charge in [0.1, 0.15) is 11.5 Å². The highest BCUT2D eigenvalue weighted by Crippen LogP contribution is 2.34. The van der Waals surface area contributed by atoms with Gasteiger partial charge in [0.15, 0.2) is 0 Å². The third-order valence-corrected chi connectivity index (χ3v) is 3.82. The first-order chi connectivity index (χ1) is 8.15. The van der Waals surface area contributed by atoms with Crippen LogP contribution in [0.1, 0.15) is 31.4 Å². The molecule has 3 nitrogen and oxygen atoms in total. The van der Waals surface area contributed by atoms with Gasteiger partial charge in [0.2, 0.25) is 0 Å². The van der Waals surface area contributed by atoms with Crippen molar-refractivity contribution >= 4 is 17.0 Å². The molecule has 0 bridgehead atoms. The van der Waals surface area contributed by atoms with E-state index in [0.717, 1.165) is 43.5 Å². The molecule has 2 rings (SSSR count). The molecule has 4 heteroatoms. The molecule has 0 aliphatic heterocycles. The molecule has 102 valence electrons. The molecule has 18 heavy (non-hydrogen) atoms. The number of benzene rings is 1. The third-order valence-electron chi connectivity index (χ3n) is 3.82. The molecule has 1 unspecified atom stereocenters. The molecule has 1 aliphatic rings. The Bertz CT molecular complexity index is 405. The Morgan fingerprint density at radius 1 is 1.22 bits per heavy atom. The quantitative estimate of drug-likeness (QED) is 0.901. The predicted octanol–water partition coefficient (Wildman–Crippen LogP) is 2.87. The van der Waals surface area contributed by atoms with E-state index in [2.05, 4.69) is 18.7 Å². The second-order valence-electron chi connectivity index (χ2n) is 4.72. The molecule has 0 heterocycles. The van der Waals surface area contributed by atoms with E-state index < -0.39 is 0 Å². The summed E-state index contributed by atoms with van der Waals surface area (Å²) in [6, 6.07) is 3.78. The fraction of sp³-hybridized carbons (Fsp3) is 0.571. The van der Waals surface area contributed by atoms with E-state index in [-0.39, 0.29) is 28.5 Å². The number of hydrogen-bond acceptors (Lipinski definition) is 3. The summed E-state index contributed by atoms with van der Waals surface area (Å²) in [5.74, 6) is 0.416. The van der Waals surface area contributed by atoms with Crippen LogP contribution in [-0.4, -0.2) is 34.2 Å². The van der Waals surface area contributed by atoms with Crippen LogP contribution in [0.4, 0.5) is 0 Å². The molecule has 1 aliphatic carbocycles. The summed E-state index contributed by atoms with van der Waals surface area (Å²) < 4.78 is 0. The lowest BCUT2D eigenvalue weighted by molar-refractivity contribution is 0.198. The second-order valence-corrected chi connectivity index (χ2v) is 4.72. The van der Waals surface area contributed by atoms with Gasteiger partial charge in [-0.3, -0.25) is 0 Å². The Morgan fingerprint density at radius 2 is 1.89 bits per heavy atom. The summed E-state index contributed by atoms with van der Waals surface area (Å²) in [6.07, 6.45) is 2.93. The highest BCUT2D eigenvalue weighted by atomic mass is 79.9. The van der Waals surface area contributed by atoms with Gasteiger partial charge in [-0.2, -0.15) is 0 Å². The van der Waals surface area contributed by atoms with Crippen LogP contribution in [0.2, 0.25) is 0 Å². The van der Waals surface area contributed by atoms with Crippen molar-refractivity contribution in [3.8, 4) is 11.5 Å². The molecular weight excluding hydrogens is 294 g/mol. The fourth-order valence-electron chi connectivity index (χ4n) is 2.89. The van der Waals surface area contributed by atoms with Crippen molar-refractivity contribution in [2.24, 2.45) is 0 Å². The first kappa shape index (κ1) is 15.3. The molecule has 1 aromatic rings. The molecule has 0 spiro atoms. The van der Waals surface area contributed by atoms with Gasteiger partial charge in [-0.1, -0.05) is 13.8 Å². The summed E-state index contributed by atoms with van der Waals surface area (Å²) in [4.78, 5) is 2.45. The highest BCUT2D eigenvalue weighted by Gasteiger charge is 2.24. The minimum absolute atomic E-state index is 0. The molecule has 0 fully saturated rings. The van der Waals surface area contributed by atoms with Crippen molar-refractivity contribution in [2.75, 3.05) is 13.1 Å². The zero-order valence-electron chi connectivity index (χ0n) is 11.0. The van der Waals surface area contributed by atoms with Gasteiger partial charge in [0.25, 0.3) is 0 Å². The lowest BCUT2D eigenvalue weighted by Gasteiger charge is -2.34. The van der Waals surface area contributed by atoms with Crippen LogP contribution in [0, 0.1) is 0 Å². The molecule has 0 radical (unpaired) electrons. The Labute approximate surface area is 119 Å². The molecule has 1 atom stereocenters. The monoisotopic (exact) mass is 315 g/mol. The SMILES string of the molecule is Br.CCN(CC)C1CCc2c(O)cc(O)cc2C1. The number of hydrogen-bond donors (Lipinski definition) is 2. The number of nitrogens with zero attached hydrogens (tertiary/aromatic N) is 1. The Hall–Kier alpha value is -0.740. The standard InChI is InChI=1S/C14H21NO2.BrH/c1-3-15(4-2)11-5-6-13-10(7-11)8-12(16)9-14(13)17;/h8-9,11,16-17H,3-7H2,1-2H3;1H. The second kappa shape index (κ2) is 6.43. The molecule has 2 N–H and O–H groups in total. The van der Waals surface area contributed by atoms with Crippen molar-refractivity contribution in [3.63, 3.8) is 0 Å². The summed E-state index contributed by atoms with van der Waals surface area (Å²) in [5, 5.41) is 19.3. The van der Waals surface area contributed by atoms with Gasteiger partial charge in [0, 0.05) is 12.1 Å². The lowest BCUT2D eigenvalue weighted by atomic mass is 9.86. The van der Waals surface area contributed by atoms with Gasteiger partial charge in [-0.25, -0.2) is 0 Å². The number of halogens is 1. The van der Waals surface area contributed by atoms with Gasteiger partial charge < -0.3 is 15.1 Å². The highest BCUT2D eigenvalue weighted by molar-refractivity contribution is 8.93. The average Bonchev–Trinajstić information content (AvgIpc) is 2.30.